The molecule has 0 N–H and O–H groups in total. The molecule has 0 radical (unpaired) electrons. The third-order valence-electron chi connectivity index (χ3n) is 8.13. The minimum absolute atomic E-state index is 0.115. The summed E-state index contributed by atoms with van der Waals surface area (Å²) < 4.78 is 0. The van der Waals surface area contributed by atoms with Crippen molar-refractivity contribution in [2.75, 3.05) is 0 Å². The van der Waals surface area contributed by atoms with Crippen LogP contribution >= 0.6 is 0 Å². The van der Waals surface area contributed by atoms with E-state index >= 15 is 0 Å². The second-order valence-electron chi connectivity index (χ2n) is 16.9. The molecule has 0 spiro atoms. The fourth-order valence-corrected chi connectivity index (χ4v) is 10.1. The highest BCUT2D eigenvalue weighted by molar-refractivity contribution is 6.60. The Bertz CT molecular complexity index is 865. The van der Waals surface area contributed by atoms with Gasteiger partial charge in [0.1, 0.15) is 34.7 Å². The number of rotatable bonds is 15. The van der Waals surface area contributed by atoms with Crippen molar-refractivity contribution in [2.24, 2.45) is 32.5 Å². The van der Waals surface area contributed by atoms with Crippen LogP contribution in [0, 0.1) is 32.5 Å². The first-order chi connectivity index (χ1) is 17.4. The molecule has 7 heteroatoms. The maximum atomic E-state index is 13.3. The summed E-state index contributed by atoms with van der Waals surface area (Å²) in [6.45, 7) is 27.3. The second-order valence-corrected chi connectivity index (χ2v) is 19.9. The zero-order valence-electron chi connectivity index (χ0n) is 28.3. The second kappa shape index (κ2) is 13.2. The van der Waals surface area contributed by atoms with Crippen LogP contribution in [0.1, 0.15) is 123 Å². The Morgan fingerprint density at radius 3 is 0.675 bits per heavy atom. The Labute approximate surface area is 248 Å². The first-order valence-corrected chi connectivity index (χ1v) is 17.1. The average molecular weight is 577 g/mol. The van der Waals surface area contributed by atoms with E-state index in [0.717, 1.165) is 0 Å². The van der Waals surface area contributed by atoms with Crippen molar-refractivity contribution in [3.8, 4) is 0 Å². The van der Waals surface area contributed by atoms with Gasteiger partial charge >= 0.3 is 0 Å². The summed E-state index contributed by atoms with van der Waals surface area (Å²) in [5.74, 6) is -0.749. The largest absolute Gasteiger partial charge is 0.299 e. The van der Waals surface area contributed by atoms with Crippen LogP contribution in [-0.4, -0.2) is 48.8 Å². The lowest BCUT2D eigenvalue weighted by atomic mass is 9.81. The number of ketones is 6. The summed E-state index contributed by atoms with van der Waals surface area (Å²) in [6.07, 6.45) is -0.451. The molecule has 0 aliphatic rings. The smallest absolute Gasteiger partial charge is 0.265 e. The molecule has 0 saturated carbocycles. The van der Waals surface area contributed by atoms with Gasteiger partial charge in [-0.05, 0) is 0 Å². The quantitative estimate of drug-likeness (QED) is 0.150. The first kappa shape index (κ1) is 38.6. The predicted molar refractivity (Wildman–Crippen MR) is 164 cm³/mol. The SMILES string of the molecule is CC(C)(C)C(=O)CC(=O)C(C)(C)[CH2][Al]([CH2]C(C)(C)C(=O)CC(=O)C(C)(C)C)[CH2]C(C)(C)C(=O)CC(=O)C(C)(C)C. The average Bonchev–Trinajstić information content (AvgIpc) is 2.70. The summed E-state index contributed by atoms with van der Waals surface area (Å²) >= 11 is -2.04. The first-order valence-electron chi connectivity index (χ1n) is 14.6. The molecule has 6 nitrogen and oxygen atoms in total. The molecule has 0 amide bonds. The van der Waals surface area contributed by atoms with E-state index in [1.807, 2.05) is 41.5 Å². The molecule has 0 fully saturated rings. The number of carbonyl (C=O) groups excluding carboxylic acids is 6. The highest BCUT2D eigenvalue weighted by Crippen LogP contribution is 2.40. The molecule has 0 heterocycles. The monoisotopic (exact) mass is 576 g/mol. The standard InChI is InChI=1S/3C11H19O2.Al/c3*1-10(2,3)8(12)7-9(13)11(4,5)6;/h3*1,7H2,2-6H3;. The van der Waals surface area contributed by atoms with E-state index in [1.165, 1.54) is 0 Å². The predicted octanol–water partition coefficient (Wildman–Crippen LogP) is 7.28. The molecule has 40 heavy (non-hydrogen) atoms. The van der Waals surface area contributed by atoms with E-state index in [9.17, 15) is 28.8 Å². The molecular weight excluding hydrogens is 519 g/mol. The van der Waals surface area contributed by atoms with Gasteiger partial charge in [0.2, 0.25) is 0 Å². The van der Waals surface area contributed by atoms with E-state index < -0.39 is 46.6 Å². The van der Waals surface area contributed by atoms with Crippen LogP contribution in [-0.2, 0) is 28.8 Å². The minimum Gasteiger partial charge on any atom is -0.299 e. The van der Waals surface area contributed by atoms with Crippen LogP contribution in [0.5, 0.6) is 0 Å². The molecule has 0 saturated heterocycles. The van der Waals surface area contributed by atoms with Crippen molar-refractivity contribution in [1.29, 1.82) is 0 Å². The third-order valence-corrected chi connectivity index (χ3v) is 12.9. The Kier molecular flexibility index (Phi) is 12.8. The lowest BCUT2D eigenvalue weighted by Gasteiger charge is -2.35. The summed E-state index contributed by atoms with van der Waals surface area (Å²) in [5, 5.41) is 1.53. The summed E-state index contributed by atoms with van der Waals surface area (Å²) in [6, 6.07) is 0. The maximum absolute atomic E-state index is 13.3. The molecule has 0 aliphatic carbocycles. The fourth-order valence-electron chi connectivity index (χ4n) is 4.67. The summed E-state index contributed by atoms with van der Waals surface area (Å²) in [4.78, 5) is 78.0. The molecule has 0 aromatic heterocycles. The van der Waals surface area contributed by atoms with Gasteiger partial charge in [0, 0.05) is 32.5 Å². The number of Topliss-reactive ketones (excluding diaryl/α,β-unsaturated/α-hetero) is 6. The normalized spacial score (nSPS) is 13.6. The van der Waals surface area contributed by atoms with Gasteiger partial charge in [0.05, 0.1) is 19.3 Å². The van der Waals surface area contributed by atoms with Gasteiger partial charge in [-0.1, -0.05) is 120 Å². The highest BCUT2D eigenvalue weighted by Gasteiger charge is 2.44. The molecule has 0 aromatic rings. The highest BCUT2D eigenvalue weighted by atomic mass is 27.2. The summed E-state index contributed by atoms with van der Waals surface area (Å²) in [7, 11) is 0. The van der Waals surface area contributed by atoms with Crippen molar-refractivity contribution in [2.45, 2.75) is 139 Å². The fraction of sp³-hybridized carbons (Fsp3) is 0.818. The zero-order chi connectivity index (χ0) is 32.3. The summed E-state index contributed by atoms with van der Waals surface area (Å²) in [5.41, 5.74) is -4.28. The molecule has 0 rings (SSSR count). The van der Waals surface area contributed by atoms with Crippen LogP contribution in [0.15, 0.2) is 0 Å². The van der Waals surface area contributed by atoms with E-state index in [1.54, 1.807) is 62.3 Å². The molecular formula is C33H57AlO6. The lowest BCUT2D eigenvalue weighted by Crippen LogP contribution is -2.41. The van der Waals surface area contributed by atoms with Gasteiger partial charge in [-0.3, -0.25) is 28.8 Å². The van der Waals surface area contributed by atoms with Crippen LogP contribution < -0.4 is 0 Å². The van der Waals surface area contributed by atoms with Crippen LogP contribution in [0.3, 0.4) is 0 Å². The van der Waals surface area contributed by atoms with Crippen LogP contribution in [0.2, 0.25) is 15.8 Å². The molecule has 0 bridgehead atoms. The van der Waals surface area contributed by atoms with Crippen molar-refractivity contribution >= 4 is 48.8 Å². The Balaban J connectivity index is 6.21. The van der Waals surface area contributed by atoms with Gasteiger partial charge in [-0.25, -0.2) is 0 Å². The Morgan fingerprint density at radius 1 is 0.350 bits per heavy atom. The Hall–Kier alpha value is -1.45. The van der Waals surface area contributed by atoms with Crippen molar-refractivity contribution < 1.29 is 28.8 Å². The number of hydrogen-bond acceptors (Lipinski definition) is 6. The lowest BCUT2D eigenvalue weighted by molar-refractivity contribution is -0.136. The minimum atomic E-state index is -2.04. The van der Waals surface area contributed by atoms with Crippen molar-refractivity contribution in [3.63, 3.8) is 0 Å². The number of hydrogen-bond donors (Lipinski definition) is 0. The van der Waals surface area contributed by atoms with Gasteiger partial charge in [-0.2, -0.15) is 0 Å². The molecule has 0 unspecified atom stereocenters. The van der Waals surface area contributed by atoms with E-state index in [-0.39, 0.29) is 54.0 Å². The van der Waals surface area contributed by atoms with E-state index in [2.05, 4.69) is 0 Å². The third kappa shape index (κ3) is 12.2. The van der Waals surface area contributed by atoms with Crippen LogP contribution in [0.4, 0.5) is 0 Å². The Morgan fingerprint density at radius 2 is 0.525 bits per heavy atom. The molecule has 0 aromatic carbocycles. The van der Waals surface area contributed by atoms with Gasteiger partial charge in [0.15, 0.2) is 0 Å². The van der Waals surface area contributed by atoms with Gasteiger partial charge < -0.3 is 0 Å². The van der Waals surface area contributed by atoms with Crippen molar-refractivity contribution in [3.05, 3.63) is 0 Å². The van der Waals surface area contributed by atoms with E-state index in [0.29, 0.717) is 15.8 Å². The maximum Gasteiger partial charge on any atom is 0.265 e. The number of carbonyl (C=O) groups is 6. The molecule has 0 atom stereocenters. The van der Waals surface area contributed by atoms with Gasteiger partial charge in [0.25, 0.3) is 14.1 Å². The molecule has 228 valence electrons. The van der Waals surface area contributed by atoms with Gasteiger partial charge in [-0.15, -0.1) is 0 Å². The zero-order valence-corrected chi connectivity index (χ0v) is 29.4. The van der Waals surface area contributed by atoms with Crippen LogP contribution in [0.25, 0.3) is 0 Å². The molecule has 0 aliphatic heterocycles. The van der Waals surface area contributed by atoms with Crippen molar-refractivity contribution in [1.82, 2.24) is 0 Å². The van der Waals surface area contributed by atoms with E-state index in [4.69, 9.17) is 0 Å². The topological polar surface area (TPSA) is 102 Å².